The number of carbonyl (C=O) groups excluding carboxylic acids is 2. The molecule has 2 N–H and O–H groups in total. The maximum absolute atomic E-state index is 13.5. The number of benzene rings is 3. The van der Waals surface area contributed by atoms with Crippen LogP contribution >= 0.6 is 0 Å². The van der Waals surface area contributed by atoms with E-state index in [-0.39, 0.29) is 17.1 Å². The zero-order chi connectivity index (χ0) is 24.0. The molecule has 7 nitrogen and oxygen atoms in total. The number of aromatic hydroxyl groups is 1. The van der Waals surface area contributed by atoms with Crippen LogP contribution in [0, 0.1) is 5.82 Å². The van der Waals surface area contributed by atoms with E-state index >= 15 is 0 Å². The van der Waals surface area contributed by atoms with E-state index in [1.54, 1.807) is 30.3 Å². The van der Waals surface area contributed by atoms with Crippen molar-refractivity contribution in [3.05, 3.63) is 89.2 Å². The Kier molecular flexibility index (Phi) is 5.20. The van der Waals surface area contributed by atoms with Gasteiger partial charge in [0.2, 0.25) is 0 Å². The first kappa shape index (κ1) is 21.5. The lowest BCUT2D eigenvalue weighted by Crippen LogP contribution is -2.29. The molecule has 5 rings (SSSR count). The SMILES string of the molecule is CN1CCOc2ccc(/C(O)=C3/C(=O)C(=O)N(c4ccc(F)cc4)C3c3ccc(O)cc3)cc21. The van der Waals surface area contributed by atoms with Crippen LogP contribution in [-0.2, 0) is 9.59 Å². The quantitative estimate of drug-likeness (QED) is 0.349. The number of amides is 1. The van der Waals surface area contributed by atoms with Crippen molar-refractivity contribution in [2.24, 2.45) is 0 Å². The monoisotopic (exact) mass is 460 g/mol. The Morgan fingerprint density at radius 2 is 1.74 bits per heavy atom. The maximum atomic E-state index is 13.5. The van der Waals surface area contributed by atoms with Crippen molar-refractivity contribution < 1.29 is 28.9 Å². The molecule has 0 saturated carbocycles. The van der Waals surface area contributed by atoms with Crippen LogP contribution in [0.5, 0.6) is 11.5 Å². The van der Waals surface area contributed by atoms with Gasteiger partial charge in [-0.25, -0.2) is 4.39 Å². The summed E-state index contributed by atoms with van der Waals surface area (Å²) in [5, 5.41) is 21.0. The minimum absolute atomic E-state index is 0.0141. The normalized spacial score (nSPS) is 19.2. The topological polar surface area (TPSA) is 90.3 Å². The standard InChI is InChI=1S/C26H21FN2O5/c1-28-12-13-34-21-11-4-16(14-20(21)28)24(31)22-23(15-2-9-19(30)10-3-15)29(26(33)25(22)32)18-7-5-17(27)6-8-18/h2-11,14,23,30-31H,12-13H2,1H3/b24-22-. The smallest absolute Gasteiger partial charge is 0.300 e. The molecule has 0 bridgehead atoms. The lowest BCUT2D eigenvalue weighted by molar-refractivity contribution is -0.132. The number of phenols is 1. The lowest BCUT2D eigenvalue weighted by atomic mass is 9.94. The first-order valence-electron chi connectivity index (χ1n) is 10.7. The van der Waals surface area contributed by atoms with E-state index in [0.29, 0.717) is 35.7 Å². The highest BCUT2D eigenvalue weighted by molar-refractivity contribution is 6.51. The number of hydrogen-bond donors (Lipinski definition) is 2. The zero-order valence-electron chi connectivity index (χ0n) is 18.2. The molecule has 2 aliphatic rings. The summed E-state index contributed by atoms with van der Waals surface area (Å²) in [5.41, 5.74) is 1.82. The molecule has 0 aromatic heterocycles. The molecule has 3 aromatic rings. The third-order valence-electron chi connectivity index (χ3n) is 6.09. The summed E-state index contributed by atoms with van der Waals surface area (Å²) in [5.74, 6) is -1.84. The van der Waals surface area contributed by atoms with Gasteiger partial charge in [0.15, 0.2) is 0 Å². The van der Waals surface area contributed by atoms with Gasteiger partial charge in [-0.05, 0) is 60.2 Å². The molecule has 8 heteroatoms. The second-order valence-corrected chi connectivity index (χ2v) is 8.19. The molecule has 1 atom stereocenters. The van der Waals surface area contributed by atoms with Crippen LogP contribution in [-0.4, -0.2) is 42.1 Å². The molecule has 1 amide bonds. The second kappa shape index (κ2) is 8.22. The fourth-order valence-electron chi connectivity index (χ4n) is 4.33. The zero-order valence-corrected chi connectivity index (χ0v) is 18.2. The van der Waals surface area contributed by atoms with Crippen molar-refractivity contribution >= 4 is 28.8 Å². The van der Waals surface area contributed by atoms with Crippen LogP contribution in [0.4, 0.5) is 15.8 Å². The molecule has 0 spiro atoms. The molecule has 34 heavy (non-hydrogen) atoms. The predicted octanol–water partition coefficient (Wildman–Crippen LogP) is 3.99. The number of fused-ring (bicyclic) bond motifs is 1. The first-order valence-corrected chi connectivity index (χ1v) is 10.7. The molecular formula is C26H21FN2O5. The second-order valence-electron chi connectivity index (χ2n) is 8.19. The van der Waals surface area contributed by atoms with Crippen LogP contribution in [0.25, 0.3) is 5.76 Å². The number of halogens is 1. The number of nitrogens with zero attached hydrogens (tertiary/aromatic N) is 2. The van der Waals surface area contributed by atoms with Gasteiger partial charge in [0, 0.05) is 18.3 Å². The van der Waals surface area contributed by atoms with Gasteiger partial charge in [-0.3, -0.25) is 14.5 Å². The molecule has 1 saturated heterocycles. The lowest BCUT2D eigenvalue weighted by Gasteiger charge is -2.28. The van der Waals surface area contributed by atoms with Gasteiger partial charge < -0.3 is 19.8 Å². The summed E-state index contributed by atoms with van der Waals surface area (Å²) in [6, 6.07) is 15.3. The number of ether oxygens (including phenoxy) is 1. The van der Waals surface area contributed by atoms with Crippen LogP contribution in [0.2, 0.25) is 0 Å². The number of carbonyl (C=O) groups is 2. The molecule has 172 valence electrons. The van der Waals surface area contributed by atoms with Gasteiger partial charge >= 0.3 is 0 Å². The Labute approximate surface area is 194 Å². The molecule has 0 radical (unpaired) electrons. The van der Waals surface area contributed by atoms with Gasteiger partial charge in [0.05, 0.1) is 23.8 Å². The van der Waals surface area contributed by atoms with E-state index in [1.165, 1.54) is 41.3 Å². The number of rotatable bonds is 3. The number of likely N-dealkylation sites (N-methyl/N-ethyl adjacent to an activating group) is 1. The fraction of sp³-hybridized carbons (Fsp3) is 0.154. The Bertz CT molecular complexity index is 1320. The van der Waals surface area contributed by atoms with Gasteiger partial charge in [-0.15, -0.1) is 0 Å². The van der Waals surface area contributed by atoms with E-state index in [0.717, 1.165) is 5.69 Å². The summed E-state index contributed by atoms with van der Waals surface area (Å²) < 4.78 is 19.2. The van der Waals surface area contributed by atoms with Gasteiger partial charge in [-0.2, -0.15) is 0 Å². The highest BCUT2D eigenvalue weighted by Gasteiger charge is 2.47. The van der Waals surface area contributed by atoms with Crippen LogP contribution in [0.1, 0.15) is 17.2 Å². The summed E-state index contributed by atoms with van der Waals surface area (Å²) >= 11 is 0. The van der Waals surface area contributed by atoms with Gasteiger partial charge in [-0.1, -0.05) is 12.1 Å². The number of anilines is 2. The van der Waals surface area contributed by atoms with Gasteiger partial charge in [0.1, 0.15) is 29.7 Å². The van der Waals surface area contributed by atoms with Crippen LogP contribution < -0.4 is 14.5 Å². The van der Waals surface area contributed by atoms with Crippen molar-refractivity contribution in [2.75, 3.05) is 30.0 Å². The average molecular weight is 460 g/mol. The van der Waals surface area contributed by atoms with E-state index in [1.807, 2.05) is 11.9 Å². The minimum atomic E-state index is -0.976. The van der Waals surface area contributed by atoms with Crippen molar-refractivity contribution in [1.29, 1.82) is 0 Å². The van der Waals surface area contributed by atoms with E-state index in [2.05, 4.69) is 0 Å². The Hall–Kier alpha value is -4.33. The molecule has 2 aliphatic heterocycles. The summed E-state index contributed by atoms with van der Waals surface area (Å²) in [6.07, 6.45) is 0. The number of hydrogen-bond acceptors (Lipinski definition) is 6. The van der Waals surface area contributed by atoms with Crippen molar-refractivity contribution in [2.45, 2.75) is 6.04 Å². The molecule has 2 heterocycles. The average Bonchev–Trinajstić information content (AvgIpc) is 3.10. The number of Topliss-reactive ketones (excluding diaryl/α,β-unsaturated/α-hetero) is 1. The fourth-order valence-corrected chi connectivity index (χ4v) is 4.33. The highest BCUT2D eigenvalue weighted by atomic mass is 19.1. The van der Waals surface area contributed by atoms with E-state index in [9.17, 15) is 24.2 Å². The Morgan fingerprint density at radius 1 is 1.03 bits per heavy atom. The number of aliphatic hydroxyl groups excluding tert-OH is 1. The molecule has 0 aliphatic carbocycles. The third kappa shape index (κ3) is 3.53. The summed E-state index contributed by atoms with van der Waals surface area (Å²) in [7, 11) is 1.90. The van der Waals surface area contributed by atoms with Crippen molar-refractivity contribution in [3.63, 3.8) is 0 Å². The maximum Gasteiger partial charge on any atom is 0.300 e. The van der Waals surface area contributed by atoms with Crippen LogP contribution in [0.3, 0.4) is 0 Å². The Morgan fingerprint density at radius 3 is 2.44 bits per heavy atom. The van der Waals surface area contributed by atoms with Crippen LogP contribution in [0.15, 0.2) is 72.3 Å². The van der Waals surface area contributed by atoms with E-state index in [4.69, 9.17) is 4.74 Å². The Balaban J connectivity index is 1.69. The van der Waals surface area contributed by atoms with Crippen molar-refractivity contribution in [1.82, 2.24) is 0 Å². The largest absolute Gasteiger partial charge is 0.508 e. The van der Waals surface area contributed by atoms with Crippen molar-refractivity contribution in [3.8, 4) is 11.5 Å². The van der Waals surface area contributed by atoms with Gasteiger partial charge in [0.25, 0.3) is 11.7 Å². The number of phenolic OH excluding ortho intramolecular Hbond substituents is 1. The highest BCUT2D eigenvalue weighted by Crippen LogP contribution is 2.43. The number of ketones is 1. The molecule has 1 fully saturated rings. The minimum Gasteiger partial charge on any atom is -0.508 e. The van der Waals surface area contributed by atoms with E-state index < -0.39 is 23.5 Å². The third-order valence-corrected chi connectivity index (χ3v) is 6.09. The predicted molar refractivity (Wildman–Crippen MR) is 124 cm³/mol. The molecule has 3 aromatic carbocycles. The first-order chi connectivity index (χ1) is 16.3. The molecular weight excluding hydrogens is 439 g/mol. The number of aliphatic hydroxyl groups is 1. The summed E-state index contributed by atoms with van der Waals surface area (Å²) in [6.45, 7) is 1.21. The molecule has 1 unspecified atom stereocenters. The summed E-state index contributed by atoms with van der Waals surface area (Å²) in [4.78, 5) is 29.5.